The maximum atomic E-state index is 14.5. The van der Waals surface area contributed by atoms with E-state index in [1.165, 1.54) is 42.3 Å². The van der Waals surface area contributed by atoms with Crippen molar-refractivity contribution in [3.8, 4) is 6.07 Å². The van der Waals surface area contributed by atoms with Gasteiger partial charge in [-0.1, -0.05) is 6.07 Å². The number of pyridine rings is 1. The molecule has 3 heterocycles. The fourth-order valence-corrected chi connectivity index (χ4v) is 4.28. The molecule has 0 bridgehead atoms. The van der Waals surface area contributed by atoms with Gasteiger partial charge in [0, 0.05) is 23.5 Å². The zero-order valence-electron chi connectivity index (χ0n) is 23.0. The number of carbonyl (C=O) groups is 1. The quantitative estimate of drug-likeness (QED) is 0.317. The first-order valence-corrected chi connectivity index (χ1v) is 13.1. The van der Waals surface area contributed by atoms with Crippen LogP contribution in [0.15, 0.2) is 36.5 Å². The Balaban J connectivity index is 0.000000634. The number of hydrogen-bond donors (Lipinski definition) is 4. The van der Waals surface area contributed by atoms with Crippen molar-refractivity contribution in [1.82, 2.24) is 25.6 Å². The molecule has 10 heteroatoms. The number of aldehydes is 1. The van der Waals surface area contributed by atoms with Crippen LogP contribution >= 0.6 is 0 Å². The van der Waals surface area contributed by atoms with Gasteiger partial charge >= 0.3 is 0 Å². The van der Waals surface area contributed by atoms with Crippen LogP contribution in [0.2, 0.25) is 0 Å². The molecular formula is C29H35FN8O. The number of carbonyl (C=O) groups excluding carboxylic acids is 1. The zero-order chi connectivity index (χ0) is 28.2. The van der Waals surface area contributed by atoms with Crippen molar-refractivity contribution in [2.45, 2.75) is 64.0 Å². The molecule has 0 unspecified atom stereocenters. The SMILES string of the molecule is CC(C)(C#N)c1ccc(F)c(Nc2nc(Nc3ccc4c(c3)CCNC4(C)C)ncc2C=O)n1.CNC1CC1. The Kier molecular flexibility index (Phi) is 8.23. The number of benzene rings is 1. The summed E-state index contributed by atoms with van der Waals surface area (Å²) in [6.45, 7) is 8.57. The molecule has 0 spiro atoms. The van der Waals surface area contributed by atoms with Crippen LogP contribution in [0.4, 0.5) is 27.7 Å². The second-order valence-corrected chi connectivity index (χ2v) is 10.9. The summed E-state index contributed by atoms with van der Waals surface area (Å²) in [4.78, 5) is 24.4. The van der Waals surface area contributed by atoms with Gasteiger partial charge in [-0.15, -0.1) is 0 Å². The number of nitrogens with one attached hydrogen (secondary N) is 4. The third-order valence-corrected chi connectivity index (χ3v) is 6.93. The Bertz CT molecular complexity index is 1390. The molecule has 39 heavy (non-hydrogen) atoms. The summed E-state index contributed by atoms with van der Waals surface area (Å²) in [6, 6.07) is 11.8. The lowest BCUT2D eigenvalue weighted by Gasteiger charge is -2.34. The average molecular weight is 531 g/mol. The molecule has 1 saturated carbocycles. The van der Waals surface area contributed by atoms with Gasteiger partial charge in [-0.05, 0) is 95.9 Å². The van der Waals surface area contributed by atoms with E-state index in [1.54, 1.807) is 13.8 Å². The second-order valence-electron chi connectivity index (χ2n) is 10.9. The average Bonchev–Trinajstić information content (AvgIpc) is 3.75. The lowest BCUT2D eigenvalue weighted by molar-refractivity contribution is 0.112. The van der Waals surface area contributed by atoms with E-state index >= 15 is 0 Å². The number of aromatic nitrogens is 3. The van der Waals surface area contributed by atoms with Crippen LogP contribution in [0.1, 0.15) is 67.7 Å². The summed E-state index contributed by atoms with van der Waals surface area (Å²) in [7, 11) is 2.01. The first-order chi connectivity index (χ1) is 18.6. The van der Waals surface area contributed by atoms with Crippen LogP contribution in [-0.4, -0.2) is 40.9 Å². The topological polar surface area (TPSA) is 128 Å². The first-order valence-electron chi connectivity index (χ1n) is 13.1. The van der Waals surface area contributed by atoms with Crippen molar-refractivity contribution in [2.24, 2.45) is 0 Å². The van der Waals surface area contributed by atoms with Crippen LogP contribution in [0.3, 0.4) is 0 Å². The number of hydrogen-bond acceptors (Lipinski definition) is 9. The smallest absolute Gasteiger partial charge is 0.229 e. The highest BCUT2D eigenvalue weighted by molar-refractivity contribution is 5.84. The monoisotopic (exact) mass is 530 g/mol. The zero-order valence-corrected chi connectivity index (χ0v) is 23.0. The van der Waals surface area contributed by atoms with Crippen molar-refractivity contribution in [1.29, 1.82) is 5.26 Å². The molecule has 0 atom stereocenters. The summed E-state index contributed by atoms with van der Waals surface area (Å²) in [5, 5.41) is 22.0. The number of nitriles is 1. The van der Waals surface area contributed by atoms with Crippen molar-refractivity contribution in [3.05, 3.63) is 64.7 Å². The number of halogens is 1. The van der Waals surface area contributed by atoms with Gasteiger partial charge in [-0.2, -0.15) is 10.2 Å². The molecule has 2 aromatic heterocycles. The molecule has 5 rings (SSSR count). The Labute approximate surface area is 228 Å². The predicted octanol–water partition coefficient (Wildman–Crippen LogP) is 4.86. The standard InChI is InChI=1S/C25H26FN7O.C4H9N/c1-24(2,14-27)20-8-7-19(26)22(31-20)32-21-16(13-34)12-28-23(33-21)30-17-5-6-18-15(11-17)9-10-29-25(18,3)4;1-5-4-2-3-4/h5-8,11-13,29H,9-10H2,1-4H3,(H2,28,30,31,32,33);4-5H,2-3H2,1H3. The van der Waals surface area contributed by atoms with E-state index in [2.05, 4.69) is 68.3 Å². The highest BCUT2D eigenvalue weighted by Gasteiger charge is 2.27. The van der Waals surface area contributed by atoms with Crippen LogP contribution in [0, 0.1) is 17.1 Å². The van der Waals surface area contributed by atoms with Gasteiger partial charge in [-0.25, -0.2) is 14.4 Å². The molecule has 1 aliphatic carbocycles. The van der Waals surface area contributed by atoms with Crippen LogP contribution in [0.5, 0.6) is 0 Å². The van der Waals surface area contributed by atoms with Crippen LogP contribution in [-0.2, 0) is 17.4 Å². The van der Waals surface area contributed by atoms with Crippen molar-refractivity contribution in [2.75, 3.05) is 24.2 Å². The summed E-state index contributed by atoms with van der Waals surface area (Å²) >= 11 is 0. The fourth-order valence-electron chi connectivity index (χ4n) is 4.28. The van der Waals surface area contributed by atoms with Gasteiger partial charge in [0.15, 0.2) is 17.9 Å². The summed E-state index contributed by atoms with van der Waals surface area (Å²) in [6.07, 6.45) is 5.65. The van der Waals surface area contributed by atoms with E-state index in [0.717, 1.165) is 24.7 Å². The van der Waals surface area contributed by atoms with Crippen LogP contribution in [0.25, 0.3) is 0 Å². The number of rotatable bonds is 7. The molecule has 204 valence electrons. The van der Waals surface area contributed by atoms with Crippen molar-refractivity contribution < 1.29 is 9.18 Å². The minimum Gasteiger partial charge on any atom is -0.324 e. The lowest BCUT2D eigenvalue weighted by Crippen LogP contribution is -2.42. The lowest BCUT2D eigenvalue weighted by atomic mass is 9.85. The van der Waals surface area contributed by atoms with E-state index < -0.39 is 11.2 Å². The minimum absolute atomic E-state index is 0.100. The predicted molar refractivity (Wildman–Crippen MR) is 150 cm³/mol. The largest absolute Gasteiger partial charge is 0.324 e. The Hall–Kier alpha value is -3.94. The van der Waals surface area contributed by atoms with Gasteiger partial charge in [-0.3, -0.25) is 4.79 Å². The molecule has 0 amide bonds. The summed E-state index contributed by atoms with van der Waals surface area (Å²) < 4.78 is 14.5. The third kappa shape index (κ3) is 6.74. The molecule has 0 saturated heterocycles. The van der Waals surface area contributed by atoms with Crippen LogP contribution < -0.4 is 21.3 Å². The minimum atomic E-state index is -0.910. The fraction of sp³-hybridized carbons (Fsp3) is 0.414. The van der Waals surface area contributed by atoms with Crippen molar-refractivity contribution in [3.63, 3.8) is 0 Å². The maximum Gasteiger partial charge on any atom is 0.229 e. The molecule has 2 aliphatic rings. The molecule has 4 N–H and O–H groups in total. The van der Waals surface area contributed by atoms with Gasteiger partial charge in [0.2, 0.25) is 5.95 Å². The van der Waals surface area contributed by atoms with Gasteiger partial charge in [0.25, 0.3) is 0 Å². The van der Waals surface area contributed by atoms with E-state index in [4.69, 9.17) is 0 Å². The Morgan fingerprint density at radius 3 is 2.56 bits per heavy atom. The highest BCUT2D eigenvalue weighted by Crippen LogP contribution is 2.31. The van der Waals surface area contributed by atoms with E-state index in [1.807, 2.05) is 13.1 Å². The summed E-state index contributed by atoms with van der Waals surface area (Å²) in [5.41, 5.74) is 2.82. The molecule has 1 fully saturated rings. The maximum absolute atomic E-state index is 14.5. The normalized spacial score (nSPS) is 15.7. The van der Waals surface area contributed by atoms with Gasteiger partial charge in [0.1, 0.15) is 5.82 Å². The van der Waals surface area contributed by atoms with E-state index in [9.17, 15) is 14.4 Å². The molecule has 1 aromatic carbocycles. The molecule has 0 radical (unpaired) electrons. The molecule has 3 aromatic rings. The van der Waals surface area contributed by atoms with E-state index in [-0.39, 0.29) is 28.7 Å². The number of anilines is 4. The Morgan fingerprint density at radius 2 is 1.92 bits per heavy atom. The highest BCUT2D eigenvalue weighted by atomic mass is 19.1. The molecular weight excluding hydrogens is 495 g/mol. The van der Waals surface area contributed by atoms with Crippen molar-refractivity contribution >= 4 is 29.6 Å². The molecule has 1 aliphatic heterocycles. The Morgan fingerprint density at radius 1 is 1.15 bits per heavy atom. The van der Waals surface area contributed by atoms with Gasteiger partial charge in [0.05, 0.1) is 22.7 Å². The van der Waals surface area contributed by atoms with Gasteiger partial charge < -0.3 is 21.3 Å². The summed E-state index contributed by atoms with van der Waals surface area (Å²) in [5.74, 6) is -0.408. The third-order valence-electron chi connectivity index (χ3n) is 6.93. The number of fused-ring (bicyclic) bond motifs is 1. The number of nitrogens with zero attached hydrogens (tertiary/aromatic N) is 4. The second kappa shape index (κ2) is 11.4. The first kappa shape index (κ1) is 28.1. The molecule has 9 nitrogen and oxygen atoms in total. The van der Waals surface area contributed by atoms with E-state index in [0.29, 0.717) is 12.0 Å².